The van der Waals surface area contributed by atoms with Gasteiger partial charge in [-0.2, -0.15) is 0 Å². The molecule has 5 saturated carbocycles. The fourth-order valence-electron chi connectivity index (χ4n) is 5.59. The molecule has 0 aromatic rings. The molecule has 84 valence electrons. The zero-order valence-corrected chi connectivity index (χ0v) is 9.67. The SMILES string of the molecule is NC1(CC23CC4CC(CC(C4)C2)C3)CC1. The molecule has 2 N–H and O–H groups in total. The van der Waals surface area contributed by atoms with Crippen LogP contribution < -0.4 is 5.73 Å². The lowest BCUT2D eigenvalue weighted by molar-refractivity contribution is -0.0618. The van der Waals surface area contributed by atoms with Crippen LogP contribution in [0.25, 0.3) is 0 Å². The Balaban J connectivity index is 1.60. The maximum Gasteiger partial charge on any atom is 0.0161 e. The van der Waals surface area contributed by atoms with Gasteiger partial charge in [0.15, 0.2) is 0 Å². The van der Waals surface area contributed by atoms with Crippen molar-refractivity contribution < 1.29 is 0 Å². The van der Waals surface area contributed by atoms with Crippen LogP contribution in [0.3, 0.4) is 0 Å². The lowest BCUT2D eigenvalue weighted by Gasteiger charge is -2.57. The summed E-state index contributed by atoms with van der Waals surface area (Å²) in [7, 11) is 0. The van der Waals surface area contributed by atoms with Crippen molar-refractivity contribution in [2.24, 2.45) is 28.9 Å². The molecule has 0 spiro atoms. The van der Waals surface area contributed by atoms with Crippen LogP contribution in [0.5, 0.6) is 0 Å². The number of hydrogen-bond donors (Lipinski definition) is 1. The zero-order chi connectivity index (χ0) is 10.1. The second-order valence-electron chi connectivity index (χ2n) is 7.46. The Labute approximate surface area is 92.8 Å². The molecule has 5 aliphatic rings. The van der Waals surface area contributed by atoms with Crippen LogP contribution in [0.4, 0.5) is 0 Å². The van der Waals surface area contributed by atoms with Gasteiger partial charge in [0, 0.05) is 5.54 Å². The molecule has 0 saturated heterocycles. The lowest BCUT2D eigenvalue weighted by atomic mass is 9.48. The van der Waals surface area contributed by atoms with Gasteiger partial charge in [-0.3, -0.25) is 0 Å². The summed E-state index contributed by atoms with van der Waals surface area (Å²) < 4.78 is 0. The Bertz CT molecular complexity index is 254. The molecule has 1 nitrogen and oxygen atoms in total. The third kappa shape index (κ3) is 1.39. The van der Waals surface area contributed by atoms with Crippen LogP contribution in [0.2, 0.25) is 0 Å². The Morgan fingerprint density at radius 1 is 0.867 bits per heavy atom. The highest BCUT2D eigenvalue weighted by Crippen LogP contribution is 2.63. The van der Waals surface area contributed by atoms with Crippen molar-refractivity contribution in [3.8, 4) is 0 Å². The Hall–Kier alpha value is -0.0400. The van der Waals surface area contributed by atoms with Gasteiger partial charge in [-0.1, -0.05) is 0 Å². The smallest absolute Gasteiger partial charge is 0.0161 e. The molecule has 0 atom stereocenters. The third-order valence-electron chi connectivity index (χ3n) is 5.78. The molecular weight excluding hydrogens is 182 g/mol. The summed E-state index contributed by atoms with van der Waals surface area (Å²) in [4.78, 5) is 0. The second-order valence-corrected chi connectivity index (χ2v) is 7.46. The molecular formula is C14H23N. The largest absolute Gasteiger partial charge is 0.325 e. The first kappa shape index (κ1) is 9.04. The topological polar surface area (TPSA) is 26.0 Å². The monoisotopic (exact) mass is 205 g/mol. The summed E-state index contributed by atoms with van der Waals surface area (Å²) in [6.45, 7) is 0. The van der Waals surface area contributed by atoms with Crippen molar-refractivity contribution in [3.63, 3.8) is 0 Å². The highest BCUT2D eigenvalue weighted by molar-refractivity contribution is 5.09. The molecule has 0 radical (unpaired) electrons. The van der Waals surface area contributed by atoms with Gasteiger partial charge < -0.3 is 5.73 Å². The molecule has 5 fully saturated rings. The average Bonchev–Trinajstić information content (AvgIpc) is 2.78. The van der Waals surface area contributed by atoms with E-state index in [2.05, 4.69) is 0 Å². The van der Waals surface area contributed by atoms with Crippen LogP contribution in [-0.2, 0) is 0 Å². The van der Waals surface area contributed by atoms with E-state index in [1.165, 1.54) is 19.3 Å². The third-order valence-corrected chi connectivity index (χ3v) is 5.78. The molecule has 0 aromatic carbocycles. The molecule has 5 aliphatic carbocycles. The van der Waals surface area contributed by atoms with E-state index in [0.29, 0.717) is 5.54 Å². The van der Waals surface area contributed by atoms with E-state index in [1.54, 1.807) is 38.5 Å². The molecule has 0 aromatic heterocycles. The fraction of sp³-hybridized carbons (Fsp3) is 1.00. The van der Waals surface area contributed by atoms with Gasteiger partial charge in [0.1, 0.15) is 0 Å². The first-order chi connectivity index (χ1) is 7.15. The Morgan fingerprint density at radius 2 is 1.33 bits per heavy atom. The van der Waals surface area contributed by atoms with Crippen molar-refractivity contribution in [2.75, 3.05) is 0 Å². The van der Waals surface area contributed by atoms with Gasteiger partial charge in [-0.05, 0) is 81.0 Å². The van der Waals surface area contributed by atoms with Gasteiger partial charge in [-0.15, -0.1) is 0 Å². The summed E-state index contributed by atoms with van der Waals surface area (Å²) in [5.41, 5.74) is 7.39. The van der Waals surface area contributed by atoms with Crippen molar-refractivity contribution >= 4 is 0 Å². The van der Waals surface area contributed by atoms with Crippen molar-refractivity contribution in [2.45, 2.75) is 63.3 Å². The summed E-state index contributed by atoms with van der Waals surface area (Å²) >= 11 is 0. The zero-order valence-electron chi connectivity index (χ0n) is 9.67. The van der Waals surface area contributed by atoms with Gasteiger partial charge in [-0.25, -0.2) is 0 Å². The van der Waals surface area contributed by atoms with E-state index in [1.807, 2.05) is 0 Å². The normalized spacial score (nSPS) is 54.6. The van der Waals surface area contributed by atoms with Gasteiger partial charge >= 0.3 is 0 Å². The van der Waals surface area contributed by atoms with E-state index in [9.17, 15) is 0 Å². The first-order valence-electron chi connectivity index (χ1n) is 6.94. The molecule has 1 heteroatoms. The predicted octanol–water partition coefficient (Wildman–Crippen LogP) is 3.08. The van der Waals surface area contributed by atoms with Crippen LogP contribution in [-0.4, -0.2) is 5.54 Å². The quantitative estimate of drug-likeness (QED) is 0.736. The maximum atomic E-state index is 6.37. The molecule has 0 unspecified atom stereocenters. The van der Waals surface area contributed by atoms with Crippen molar-refractivity contribution in [1.82, 2.24) is 0 Å². The molecule has 15 heavy (non-hydrogen) atoms. The fourth-order valence-corrected chi connectivity index (χ4v) is 5.59. The maximum absolute atomic E-state index is 6.37. The Kier molecular flexibility index (Phi) is 1.57. The minimum Gasteiger partial charge on any atom is -0.325 e. The van der Waals surface area contributed by atoms with Crippen molar-refractivity contribution in [3.05, 3.63) is 0 Å². The minimum atomic E-state index is 0.297. The van der Waals surface area contributed by atoms with Crippen LogP contribution in [0, 0.1) is 23.2 Å². The van der Waals surface area contributed by atoms with E-state index in [-0.39, 0.29) is 0 Å². The Morgan fingerprint density at radius 3 is 1.73 bits per heavy atom. The van der Waals surface area contributed by atoms with E-state index >= 15 is 0 Å². The van der Waals surface area contributed by atoms with Crippen LogP contribution in [0.1, 0.15) is 57.8 Å². The highest BCUT2D eigenvalue weighted by atomic mass is 14.8. The van der Waals surface area contributed by atoms with Gasteiger partial charge in [0.2, 0.25) is 0 Å². The predicted molar refractivity (Wildman–Crippen MR) is 61.4 cm³/mol. The minimum absolute atomic E-state index is 0.297. The number of hydrogen-bond acceptors (Lipinski definition) is 1. The van der Waals surface area contributed by atoms with Crippen LogP contribution in [0.15, 0.2) is 0 Å². The summed E-state index contributed by atoms with van der Waals surface area (Å²) in [5, 5.41) is 0. The van der Waals surface area contributed by atoms with Gasteiger partial charge in [0.05, 0.1) is 0 Å². The highest BCUT2D eigenvalue weighted by Gasteiger charge is 2.55. The molecule has 0 amide bonds. The van der Waals surface area contributed by atoms with E-state index in [0.717, 1.165) is 23.2 Å². The van der Waals surface area contributed by atoms with E-state index in [4.69, 9.17) is 5.73 Å². The second kappa shape index (κ2) is 2.61. The lowest BCUT2D eigenvalue weighted by Crippen LogP contribution is -2.48. The number of nitrogens with two attached hydrogens (primary N) is 1. The molecule has 4 bridgehead atoms. The summed E-state index contributed by atoms with van der Waals surface area (Å²) in [5.74, 6) is 3.29. The van der Waals surface area contributed by atoms with E-state index < -0.39 is 0 Å². The standard InChI is InChI=1S/C14H23N/c15-14(1-2-14)9-13-6-10-3-11(7-13)5-12(4-10)8-13/h10-12H,1-9,15H2. The van der Waals surface area contributed by atoms with Crippen LogP contribution >= 0.6 is 0 Å². The molecule has 0 heterocycles. The molecule has 5 rings (SSSR count). The summed E-state index contributed by atoms with van der Waals surface area (Å²) in [6, 6.07) is 0. The van der Waals surface area contributed by atoms with Crippen molar-refractivity contribution in [1.29, 1.82) is 0 Å². The average molecular weight is 205 g/mol. The first-order valence-corrected chi connectivity index (χ1v) is 6.94. The van der Waals surface area contributed by atoms with Gasteiger partial charge in [0.25, 0.3) is 0 Å². The molecule has 0 aliphatic heterocycles. The number of rotatable bonds is 2. The summed E-state index contributed by atoms with van der Waals surface area (Å²) in [6.07, 6.45) is 13.3.